The first-order valence-corrected chi connectivity index (χ1v) is 8.15. The quantitative estimate of drug-likeness (QED) is 0.823. The fourth-order valence-corrected chi connectivity index (χ4v) is 3.09. The van der Waals surface area contributed by atoms with Crippen LogP contribution in [0.15, 0.2) is 24.3 Å². The SMILES string of the molecule is CC(C)CNCC1(c2ccc(C(C)(C)C)cc2)CCC1. The van der Waals surface area contributed by atoms with Gasteiger partial charge in [-0.05, 0) is 41.8 Å². The number of rotatable bonds is 5. The van der Waals surface area contributed by atoms with E-state index in [0.717, 1.165) is 19.0 Å². The molecule has 2 rings (SSSR count). The normalized spacial score (nSPS) is 18.1. The second-order valence-electron chi connectivity index (χ2n) is 7.99. The van der Waals surface area contributed by atoms with Gasteiger partial charge >= 0.3 is 0 Å². The Kier molecular flexibility index (Phi) is 4.59. The highest BCUT2D eigenvalue weighted by atomic mass is 14.9. The van der Waals surface area contributed by atoms with E-state index in [1.54, 1.807) is 0 Å². The van der Waals surface area contributed by atoms with E-state index in [2.05, 4.69) is 64.2 Å². The fourth-order valence-electron chi connectivity index (χ4n) is 3.09. The summed E-state index contributed by atoms with van der Waals surface area (Å²) in [7, 11) is 0. The topological polar surface area (TPSA) is 12.0 Å². The molecule has 20 heavy (non-hydrogen) atoms. The minimum atomic E-state index is 0.251. The molecular weight excluding hydrogens is 242 g/mol. The van der Waals surface area contributed by atoms with Gasteiger partial charge in [0.15, 0.2) is 0 Å². The van der Waals surface area contributed by atoms with Gasteiger partial charge in [-0.3, -0.25) is 0 Å². The summed E-state index contributed by atoms with van der Waals surface area (Å²) in [6, 6.07) is 9.41. The maximum absolute atomic E-state index is 3.67. The molecule has 1 saturated carbocycles. The second-order valence-corrected chi connectivity index (χ2v) is 7.99. The predicted octanol–water partition coefficient (Wildman–Crippen LogP) is 4.65. The van der Waals surface area contributed by atoms with Gasteiger partial charge in [0.1, 0.15) is 0 Å². The van der Waals surface area contributed by atoms with E-state index < -0.39 is 0 Å². The van der Waals surface area contributed by atoms with Gasteiger partial charge in [0, 0.05) is 12.0 Å². The molecule has 0 radical (unpaired) electrons. The van der Waals surface area contributed by atoms with Crippen molar-refractivity contribution in [1.29, 1.82) is 0 Å². The van der Waals surface area contributed by atoms with Crippen LogP contribution in [0.2, 0.25) is 0 Å². The maximum Gasteiger partial charge on any atom is 0.00778 e. The van der Waals surface area contributed by atoms with Crippen LogP contribution in [0, 0.1) is 5.92 Å². The molecule has 1 heteroatoms. The average molecular weight is 273 g/mol. The molecule has 1 aromatic rings. The molecule has 1 fully saturated rings. The van der Waals surface area contributed by atoms with Crippen molar-refractivity contribution in [1.82, 2.24) is 5.32 Å². The molecule has 1 nitrogen and oxygen atoms in total. The first kappa shape index (κ1) is 15.6. The van der Waals surface area contributed by atoms with E-state index in [-0.39, 0.29) is 5.41 Å². The van der Waals surface area contributed by atoms with Crippen LogP contribution in [0.25, 0.3) is 0 Å². The van der Waals surface area contributed by atoms with Crippen molar-refractivity contribution >= 4 is 0 Å². The highest BCUT2D eigenvalue weighted by Crippen LogP contribution is 2.43. The summed E-state index contributed by atoms with van der Waals surface area (Å²) in [5.41, 5.74) is 3.63. The second kappa shape index (κ2) is 5.89. The highest BCUT2D eigenvalue weighted by molar-refractivity contribution is 5.34. The molecule has 0 aliphatic heterocycles. The van der Waals surface area contributed by atoms with Gasteiger partial charge in [0.25, 0.3) is 0 Å². The van der Waals surface area contributed by atoms with E-state index >= 15 is 0 Å². The summed E-state index contributed by atoms with van der Waals surface area (Å²) in [4.78, 5) is 0. The Balaban J connectivity index is 2.07. The lowest BCUT2D eigenvalue weighted by Gasteiger charge is -2.43. The molecule has 0 saturated heterocycles. The minimum Gasteiger partial charge on any atom is -0.316 e. The molecular formula is C19H31N. The van der Waals surface area contributed by atoms with Crippen LogP contribution in [0.5, 0.6) is 0 Å². The Morgan fingerprint density at radius 1 is 1.10 bits per heavy atom. The van der Waals surface area contributed by atoms with Crippen molar-refractivity contribution in [2.75, 3.05) is 13.1 Å². The van der Waals surface area contributed by atoms with E-state index in [1.807, 2.05) is 0 Å². The van der Waals surface area contributed by atoms with Crippen LogP contribution in [0.1, 0.15) is 65.0 Å². The molecule has 1 aromatic carbocycles. The van der Waals surface area contributed by atoms with Gasteiger partial charge in [-0.2, -0.15) is 0 Å². The third-order valence-electron chi connectivity index (χ3n) is 4.69. The Hall–Kier alpha value is -0.820. The maximum atomic E-state index is 3.67. The fraction of sp³-hybridized carbons (Fsp3) is 0.684. The third-order valence-corrected chi connectivity index (χ3v) is 4.69. The van der Waals surface area contributed by atoms with Gasteiger partial charge in [-0.15, -0.1) is 0 Å². The van der Waals surface area contributed by atoms with Crippen molar-refractivity contribution in [3.8, 4) is 0 Å². The molecule has 0 spiro atoms. The lowest BCUT2D eigenvalue weighted by Crippen LogP contribution is -2.44. The zero-order valence-corrected chi connectivity index (χ0v) is 13.9. The minimum absolute atomic E-state index is 0.251. The van der Waals surface area contributed by atoms with Crippen molar-refractivity contribution in [2.45, 2.75) is 64.7 Å². The van der Waals surface area contributed by atoms with Crippen molar-refractivity contribution in [3.63, 3.8) is 0 Å². The zero-order valence-electron chi connectivity index (χ0n) is 13.9. The molecule has 0 unspecified atom stereocenters. The lowest BCUT2D eigenvalue weighted by atomic mass is 9.64. The summed E-state index contributed by atoms with van der Waals surface area (Å²) < 4.78 is 0. The van der Waals surface area contributed by atoms with Gasteiger partial charge in [0.05, 0.1) is 0 Å². The van der Waals surface area contributed by atoms with Gasteiger partial charge < -0.3 is 5.32 Å². The smallest absolute Gasteiger partial charge is 0.00778 e. The number of hydrogen-bond donors (Lipinski definition) is 1. The summed E-state index contributed by atoms with van der Waals surface area (Å²) in [5.74, 6) is 0.732. The molecule has 0 aromatic heterocycles. The lowest BCUT2D eigenvalue weighted by molar-refractivity contribution is 0.231. The largest absolute Gasteiger partial charge is 0.316 e. The molecule has 0 atom stereocenters. The van der Waals surface area contributed by atoms with Crippen LogP contribution in [0.4, 0.5) is 0 Å². The van der Waals surface area contributed by atoms with E-state index in [0.29, 0.717) is 5.41 Å². The average Bonchev–Trinajstić information content (AvgIpc) is 2.31. The van der Waals surface area contributed by atoms with Crippen LogP contribution in [0.3, 0.4) is 0 Å². The van der Waals surface area contributed by atoms with E-state index in [4.69, 9.17) is 0 Å². The summed E-state index contributed by atoms with van der Waals surface area (Å²) in [6.45, 7) is 13.7. The van der Waals surface area contributed by atoms with E-state index in [9.17, 15) is 0 Å². The monoisotopic (exact) mass is 273 g/mol. The van der Waals surface area contributed by atoms with Gasteiger partial charge in [-0.1, -0.05) is 65.3 Å². The third kappa shape index (κ3) is 3.44. The molecule has 0 bridgehead atoms. The Labute approximate surface area is 125 Å². The standard InChI is InChI=1S/C19H31N/c1-15(2)13-20-14-19(11-6-12-19)17-9-7-16(8-10-17)18(3,4)5/h7-10,15,20H,6,11-14H2,1-5H3. The molecule has 0 heterocycles. The molecule has 112 valence electrons. The predicted molar refractivity (Wildman–Crippen MR) is 88.4 cm³/mol. The van der Waals surface area contributed by atoms with Crippen molar-refractivity contribution < 1.29 is 0 Å². The molecule has 1 aliphatic carbocycles. The van der Waals surface area contributed by atoms with Crippen molar-refractivity contribution in [3.05, 3.63) is 35.4 Å². The van der Waals surface area contributed by atoms with Crippen LogP contribution >= 0.6 is 0 Å². The molecule has 0 amide bonds. The highest BCUT2D eigenvalue weighted by Gasteiger charge is 2.38. The molecule has 1 N–H and O–H groups in total. The number of nitrogens with one attached hydrogen (secondary N) is 1. The summed E-state index contributed by atoms with van der Waals surface area (Å²) in [6.07, 6.45) is 4.06. The summed E-state index contributed by atoms with van der Waals surface area (Å²) in [5, 5.41) is 3.67. The van der Waals surface area contributed by atoms with Gasteiger partial charge in [0.2, 0.25) is 0 Å². The first-order chi connectivity index (χ1) is 9.33. The van der Waals surface area contributed by atoms with Crippen LogP contribution in [-0.2, 0) is 10.8 Å². The summed E-state index contributed by atoms with van der Waals surface area (Å²) >= 11 is 0. The van der Waals surface area contributed by atoms with Crippen LogP contribution in [-0.4, -0.2) is 13.1 Å². The Bertz CT molecular complexity index is 418. The zero-order chi connectivity index (χ0) is 14.8. The number of benzene rings is 1. The number of hydrogen-bond acceptors (Lipinski definition) is 1. The molecule has 1 aliphatic rings. The van der Waals surface area contributed by atoms with E-state index in [1.165, 1.54) is 30.4 Å². The van der Waals surface area contributed by atoms with Gasteiger partial charge in [-0.25, -0.2) is 0 Å². The Morgan fingerprint density at radius 3 is 2.10 bits per heavy atom. The van der Waals surface area contributed by atoms with Crippen molar-refractivity contribution in [2.24, 2.45) is 5.92 Å². The Morgan fingerprint density at radius 2 is 1.70 bits per heavy atom. The first-order valence-electron chi connectivity index (χ1n) is 8.15. The van der Waals surface area contributed by atoms with Crippen LogP contribution < -0.4 is 5.32 Å².